The van der Waals surface area contributed by atoms with Crippen molar-refractivity contribution in [3.63, 3.8) is 0 Å². The minimum absolute atomic E-state index is 0.0682. The van der Waals surface area contributed by atoms with E-state index in [1.807, 2.05) is 18.7 Å². The van der Waals surface area contributed by atoms with Gasteiger partial charge in [-0.3, -0.25) is 10.1 Å². The van der Waals surface area contributed by atoms with E-state index in [2.05, 4.69) is 15.6 Å². The standard InChI is InChI=1S/C12H18N4O2S/c1-2-13-11-7-10(16(17)18)8-12(15-11)14-9-3-5-19-6-4-9/h7-9H,2-6H2,1H3,(H2,13,14,15). The maximum absolute atomic E-state index is 10.9. The lowest BCUT2D eigenvalue weighted by molar-refractivity contribution is -0.384. The molecule has 1 aliphatic rings. The van der Waals surface area contributed by atoms with Crippen LogP contribution in [-0.4, -0.2) is 34.0 Å². The van der Waals surface area contributed by atoms with Crippen molar-refractivity contribution in [1.29, 1.82) is 0 Å². The van der Waals surface area contributed by atoms with Crippen LogP contribution >= 0.6 is 11.8 Å². The molecule has 0 aromatic carbocycles. The first-order valence-electron chi connectivity index (χ1n) is 6.43. The molecule has 0 saturated carbocycles. The third kappa shape index (κ3) is 3.99. The van der Waals surface area contributed by atoms with Gasteiger partial charge >= 0.3 is 0 Å². The highest BCUT2D eigenvalue weighted by atomic mass is 32.2. The van der Waals surface area contributed by atoms with E-state index in [1.54, 1.807) is 0 Å². The summed E-state index contributed by atoms with van der Waals surface area (Å²) in [5.41, 5.74) is 0.0682. The number of anilines is 2. The molecule has 1 aromatic rings. The normalized spacial score (nSPS) is 16.1. The van der Waals surface area contributed by atoms with Crippen LogP contribution in [-0.2, 0) is 0 Å². The number of hydrogen-bond acceptors (Lipinski definition) is 6. The molecule has 2 N–H and O–H groups in total. The lowest BCUT2D eigenvalue weighted by atomic mass is 10.1. The lowest BCUT2D eigenvalue weighted by Gasteiger charge is -2.23. The predicted octanol–water partition coefficient (Wildman–Crippen LogP) is 2.73. The van der Waals surface area contributed by atoms with Crippen molar-refractivity contribution in [3.05, 3.63) is 22.2 Å². The Morgan fingerprint density at radius 3 is 2.74 bits per heavy atom. The Hall–Kier alpha value is -1.50. The van der Waals surface area contributed by atoms with E-state index in [1.165, 1.54) is 12.1 Å². The smallest absolute Gasteiger partial charge is 0.276 e. The van der Waals surface area contributed by atoms with Crippen molar-refractivity contribution >= 4 is 29.1 Å². The molecular formula is C12H18N4O2S. The summed E-state index contributed by atoms with van der Waals surface area (Å²) in [6.45, 7) is 2.62. The molecule has 1 aliphatic heterocycles. The quantitative estimate of drug-likeness (QED) is 0.638. The number of nitrogens with zero attached hydrogens (tertiary/aromatic N) is 2. The summed E-state index contributed by atoms with van der Waals surface area (Å²) in [6.07, 6.45) is 2.15. The molecule has 0 radical (unpaired) electrons. The summed E-state index contributed by atoms with van der Waals surface area (Å²) in [4.78, 5) is 14.9. The second-order valence-corrected chi connectivity index (χ2v) is 5.64. The van der Waals surface area contributed by atoms with Crippen LogP contribution in [0.15, 0.2) is 12.1 Å². The van der Waals surface area contributed by atoms with E-state index in [-0.39, 0.29) is 10.6 Å². The van der Waals surface area contributed by atoms with Gasteiger partial charge in [0.2, 0.25) is 0 Å². The Bertz CT molecular complexity index is 449. The molecule has 2 heterocycles. The molecule has 7 heteroatoms. The summed E-state index contributed by atoms with van der Waals surface area (Å²) in [7, 11) is 0. The van der Waals surface area contributed by atoms with Gasteiger partial charge in [-0.05, 0) is 31.3 Å². The highest BCUT2D eigenvalue weighted by Gasteiger charge is 2.16. The van der Waals surface area contributed by atoms with Crippen molar-refractivity contribution < 1.29 is 4.92 Å². The molecule has 2 rings (SSSR count). The molecule has 0 aliphatic carbocycles. The van der Waals surface area contributed by atoms with Gasteiger partial charge in [0.15, 0.2) is 0 Å². The van der Waals surface area contributed by atoms with Gasteiger partial charge in [-0.1, -0.05) is 0 Å². The van der Waals surface area contributed by atoms with Crippen LogP contribution in [0.4, 0.5) is 17.3 Å². The Labute approximate surface area is 116 Å². The van der Waals surface area contributed by atoms with Crippen molar-refractivity contribution in [1.82, 2.24) is 4.98 Å². The van der Waals surface area contributed by atoms with E-state index in [9.17, 15) is 10.1 Å². The number of rotatable bonds is 5. The van der Waals surface area contributed by atoms with E-state index < -0.39 is 0 Å². The molecule has 1 saturated heterocycles. The summed E-state index contributed by atoms with van der Waals surface area (Å²) in [5, 5.41) is 17.2. The second kappa shape index (κ2) is 6.60. The van der Waals surface area contributed by atoms with Crippen molar-refractivity contribution in [3.8, 4) is 0 Å². The summed E-state index contributed by atoms with van der Waals surface area (Å²) in [6, 6.07) is 3.33. The van der Waals surface area contributed by atoms with E-state index >= 15 is 0 Å². The minimum Gasteiger partial charge on any atom is -0.370 e. The first-order chi connectivity index (χ1) is 9.19. The van der Waals surface area contributed by atoms with Gasteiger partial charge in [0.05, 0.1) is 17.1 Å². The van der Waals surface area contributed by atoms with E-state index in [0.717, 1.165) is 24.3 Å². The van der Waals surface area contributed by atoms with Gasteiger partial charge in [-0.15, -0.1) is 0 Å². The molecule has 6 nitrogen and oxygen atoms in total. The van der Waals surface area contributed by atoms with Crippen LogP contribution in [0.1, 0.15) is 19.8 Å². The number of nitro groups is 1. The Kier molecular flexibility index (Phi) is 4.84. The van der Waals surface area contributed by atoms with Gasteiger partial charge in [0, 0.05) is 12.6 Å². The second-order valence-electron chi connectivity index (χ2n) is 4.41. The fourth-order valence-electron chi connectivity index (χ4n) is 2.02. The maximum atomic E-state index is 10.9. The Morgan fingerprint density at radius 1 is 1.42 bits per heavy atom. The zero-order valence-electron chi connectivity index (χ0n) is 10.9. The average molecular weight is 282 g/mol. The molecule has 0 unspecified atom stereocenters. The Morgan fingerprint density at radius 2 is 2.11 bits per heavy atom. The number of aromatic nitrogens is 1. The summed E-state index contributed by atoms with van der Waals surface area (Å²) in [5.74, 6) is 3.39. The van der Waals surface area contributed by atoms with Gasteiger partial charge < -0.3 is 10.6 Å². The zero-order valence-corrected chi connectivity index (χ0v) is 11.7. The molecule has 1 aromatic heterocycles. The van der Waals surface area contributed by atoms with Crippen molar-refractivity contribution in [2.45, 2.75) is 25.8 Å². The first kappa shape index (κ1) is 13.9. The molecule has 104 valence electrons. The predicted molar refractivity (Wildman–Crippen MR) is 79.0 cm³/mol. The molecule has 19 heavy (non-hydrogen) atoms. The monoisotopic (exact) mass is 282 g/mol. The van der Waals surface area contributed by atoms with Crippen LogP contribution in [0.25, 0.3) is 0 Å². The van der Waals surface area contributed by atoms with Crippen LogP contribution in [0.5, 0.6) is 0 Å². The third-order valence-corrected chi connectivity index (χ3v) is 4.00. The molecule has 0 bridgehead atoms. The number of nitrogens with one attached hydrogen (secondary N) is 2. The lowest BCUT2D eigenvalue weighted by Crippen LogP contribution is -2.25. The molecule has 0 amide bonds. The van der Waals surface area contributed by atoms with Gasteiger partial charge in [0.25, 0.3) is 5.69 Å². The van der Waals surface area contributed by atoms with Crippen LogP contribution < -0.4 is 10.6 Å². The number of pyridine rings is 1. The van der Waals surface area contributed by atoms with Gasteiger partial charge in [-0.25, -0.2) is 4.98 Å². The third-order valence-electron chi connectivity index (χ3n) is 2.95. The highest BCUT2D eigenvalue weighted by molar-refractivity contribution is 7.99. The SMILES string of the molecule is CCNc1cc([N+](=O)[O-])cc(NC2CCSCC2)n1. The fraction of sp³-hybridized carbons (Fsp3) is 0.583. The Balaban J connectivity index is 2.15. The maximum Gasteiger partial charge on any atom is 0.276 e. The van der Waals surface area contributed by atoms with Crippen molar-refractivity contribution in [2.75, 3.05) is 28.7 Å². The summed E-state index contributed by atoms with van der Waals surface area (Å²) < 4.78 is 0. The van der Waals surface area contributed by atoms with Crippen LogP contribution in [0.2, 0.25) is 0 Å². The highest BCUT2D eigenvalue weighted by Crippen LogP contribution is 2.24. The largest absolute Gasteiger partial charge is 0.370 e. The average Bonchev–Trinajstić information content (AvgIpc) is 2.40. The molecule has 0 atom stereocenters. The van der Waals surface area contributed by atoms with Crippen molar-refractivity contribution in [2.24, 2.45) is 0 Å². The van der Waals surface area contributed by atoms with E-state index in [0.29, 0.717) is 24.2 Å². The number of thioether (sulfide) groups is 1. The number of hydrogen-bond donors (Lipinski definition) is 2. The van der Waals surface area contributed by atoms with Gasteiger partial charge in [-0.2, -0.15) is 11.8 Å². The van der Waals surface area contributed by atoms with Gasteiger partial charge in [0.1, 0.15) is 11.6 Å². The first-order valence-corrected chi connectivity index (χ1v) is 7.59. The van der Waals surface area contributed by atoms with Crippen LogP contribution in [0.3, 0.4) is 0 Å². The summed E-state index contributed by atoms with van der Waals surface area (Å²) >= 11 is 1.95. The molecule has 0 spiro atoms. The van der Waals surface area contributed by atoms with E-state index in [4.69, 9.17) is 0 Å². The zero-order chi connectivity index (χ0) is 13.7. The fourth-order valence-corrected chi connectivity index (χ4v) is 3.12. The molecule has 1 fully saturated rings. The topological polar surface area (TPSA) is 80.1 Å². The molecular weight excluding hydrogens is 264 g/mol. The van der Waals surface area contributed by atoms with Crippen LogP contribution in [0, 0.1) is 10.1 Å². The minimum atomic E-state index is -0.385.